The monoisotopic (exact) mass is 876 g/mol. The van der Waals surface area contributed by atoms with Crippen molar-refractivity contribution in [2.45, 2.75) is 181 Å². The first-order valence-electron chi connectivity index (χ1n) is 23.7. The fraction of sp³-hybridized carbons (Fsp3) is 0.804. The number of carbonyl (C=O) groups is 2. The largest absolute Gasteiger partial charge is 0.458 e. The molecular weight excluding hydrogens is 807 g/mol. The molecule has 0 aromatic carbocycles. The Morgan fingerprint density at radius 2 is 1.81 bits per heavy atom. The molecule has 17 nitrogen and oxygen atoms in total. The number of esters is 1. The molecular formula is C46H69N9O8. The third-order valence-electron chi connectivity index (χ3n) is 17.2. The van der Waals surface area contributed by atoms with Crippen molar-refractivity contribution in [1.29, 1.82) is 0 Å². The number of nitrogens with two attached hydrogens (primary N) is 1. The van der Waals surface area contributed by atoms with Gasteiger partial charge in [0.2, 0.25) is 5.91 Å². The van der Waals surface area contributed by atoms with E-state index in [1.807, 2.05) is 27.7 Å². The molecule has 5 N–H and O–H groups in total. The van der Waals surface area contributed by atoms with Gasteiger partial charge in [0.05, 0.1) is 31.3 Å². The summed E-state index contributed by atoms with van der Waals surface area (Å²) in [7, 11) is 0. The van der Waals surface area contributed by atoms with Crippen molar-refractivity contribution in [3.63, 3.8) is 0 Å². The Bertz CT molecular complexity index is 2150. The normalized spacial score (nSPS) is 38.3. The molecule has 2 saturated heterocycles. The summed E-state index contributed by atoms with van der Waals surface area (Å²) >= 11 is 0. The highest BCUT2D eigenvalue weighted by Crippen LogP contribution is 2.68. The van der Waals surface area contributed by atoms with E-state index < -0.39 is 42.3 Å². The van der Waals surface area contributed by atoms with Gasteiger partial charge in [-0.15, -0.1) is 5.10 Å². The van der Waals surface area contributed by atoms with Crippen molar-refractivity contribution in [3.8, 4) is 0 Å². The number of hydrogen-bond acceptors (Lipinski definition) is 14. The van der Waals surface area contributed by atoms with E-state index in [9.17, 15) is 19.8 Å². The average molecular weight is 876 g/mol. The van der Waals surface area contributed by atoms with Crippen LogP contribution in [0.25, 0.3) is 11.2 Å². The number of nitrogen functional groups attached to an aromatic ring is 1. The van der Waals surface area contributed by atoms with Crippen molar-refractivity contribution < 1.29 is 38.7 Å². The van der Waals surface area contributed by atoms with E-state index in [4.69, 9.17) is 24.7 Å². The summed E-state index contributed by atoms with van der Waals surface area (Å²) < 4.78 is 28.3. The van der Waals surface area contributed by atoms with Crippen LogP contribution in [0.5, 0.6) is 0 Å². The first-order valence-corrected chi connectivity index (χ1v) is 23.7. The van der Waals surface area contributed by atoms with Gasteiger partial charge in [0, 0.05) is 6.42 Å². The number of nitrogens with zero attached hydrogens (tertiary/aromatic N) is 7. The Hall–Kier alpha value is -3.77. The number of amides is 1. The molecule has 17 heteroatoms. The van der Waals surface area contributed by atoms with Crippen LogP contribution in [0, 0.1) is 52.3 Å². The van der Waals surface area contributed by atoms with Gasteiger partial charge < -0.3 is 40.2 Å². The predicted octanol–water partition coefficient (Wildman–Crippen LogP) is 5.10. The van der Waals surface area contributed by atoms with E-state index in [1.165, 1.54) is 19.2 Å². The number of aliphatic hydroxyl groups excluding tert-OH is 2. The number of fused-ring (bicyclic) bond motifs is 7. The summed E-state index contributed by atoms with van der Waals surface area (Å²) in [6.45, 7) is 14.9. The van der Waals surface area contributed by atoms with Crippen molar-refractivity contribution in [2.75, 3.05) is 5.73 Å². The topological polar surface area (TPSA) is 224 Å². The van der Waals surface area contributed by atoms with E-state index in [1.54, 1.807) is 21.8 Å². The molecule has 0 radical (unpaired) electrons. The number of nitrogens with one attached hydrogen (secondary N) is 1. The molecule has 3 aromatic rings. The zero-order valence-electron chi connectivity index (χ0n) is 38.1. The SMILES string of the molecule is CCC(C)[C@H](NC(=O)CCC(C)[C@H]1CCC2C3CCC4C[C@H](O)CC[C@]4(C)C3C[C@H](O)[C@@]21C)C(=O)OCc1cn(CC2OC(n3cnc4c(N)ncnc43)[C@@H]3OC(C)(C)O[C@H]23)nn1. The van der Waals surface area contributed by atoms with Crippen LogP contribution in [0.2, 0.25) is 0 Å². The van der Waals surface area contributed by atoms with Crippen LogP contribution in [0.4, 0.5) is 5.82 Å². The van der Waals surface area contributed by atoms with Crippen LogP contribution in [0.3, 0.4) is 0 Å². The Morgan fingerprint density at radius 1 is 1.02 bits per heavy atom. The second-order valence-corrected chi connectivity index (χ2v) is 21.1. The minimum atomic E-state index is -0.845. The lowest BCUT2D eigenvalue weighted by Gasteiger charge is -2.62. The summed E-state index contributed by atoms with van der Waals surface area (Å²) in [6.07, 6.45) is 12.1. The number of aliphatic hydroxyl groups is 2. The number of rotatable bonds is 13. The molecule has 0 bridgehead atoms. The number of aromatic nitrogens is 7. The maximum absolute atomic E-state index is 13.6. The van der Waals surface area contributed by atoms with Crippen LogP contribution in [0.1, 0.15) is 131 Å². The van der Waals surface area contributed by atoms with Crippen molar-refractivity contribution >= 4 is 28.9 Å². The zero-order chi connectivity index (χ0) is 44.6. The average Bonchev–Trinajstić information content (AvgIpc) is 4.08. The summed E-state index contributed by atoms with van der Waals surface area (Å²) in [4.78, 5) is 40.0. The molecule has 5 heterocycles. The van der Waals surface area contributed by atoms with Gasteiger partial charge in [-0.05, 0) is 124 Å². The number of imidazole rings is 1. The summed E-state index contributed by atoms with van der Waals surface area (Å²) in [5, 5.41) is 34.1. The molecule has 0 spiro atoms. The smallest absolute Gasteiger partial charge is 0.329 e. The molecule has 1 amide bonds. The number of carbonyl (C=O) groups excluding carboxylic acids is 2. The first kappa shape index (κ1) is 44.4. The van der Waals surface area contributed by atoms with Gasteiger partial charge in [0.15, 0.2) is 23.5 Å². The molecule has 2 aliphatic heterocycles. The van der Waals surface area contributed by atoms with Crippen molar-refractivity contribution in [3.05, 3.63) is 24.5 Å². The van der Waals surface area contributed by atoms with Crippen molar-refractivity contribution in [1.82, 2.24) is 39.8 Å². The first-order chi connectivity index (χ1) is 30.0. The maximum Gasteiger partial charge on any atom is 0.329 e. The van der Waals surface area contributed by atoms with Crippen LogP contribution < -0.4 is 11.1 Å². The van der Waals surface area contributed by atoms with Gasteiger partial charge in [-0.2, -0.15) is 0 Å². The fourth-order valence-electron chi connectivity index (χ4n) is 13.6. The molecule has 8 unspecified atom stereocenters. The van der Waals surface area contributed by atoms with Gasteiger partial charge in [0.1, 0.15) is 48.5 Å². The van der Waals surface area contributed by atoms with E-state index in [-0.39, 0.29) is 59.8 Å². The van der Waals surface area contributed by atoms with E-state index in [2.05, 4.69) is 51.4 Å². The fourth-order valence-corrected chi connectivity index (χ4v) is 13.6. The Labute approximate surface area is 369 Å². The highest BCUT2D eigenvalue weighted by atomic mass is 16.8. The van der Waals surface area contributed by atoms with Crippen LogP contribution in [-0.2, 0) is 41.7 Å². The lowest BCUT2D eigenvalue weighted by Crippen LogP contribution is -2.58. The third-order valence-corrected chi connectivity index (χ3v) is 17.2. The van der Waals surface area contributed by atoms with Gasteiger partial charge in [-0.3, -0.25) is 9.36 Å². The molecule has 6 aliphatic rings. The van der Waals surface area contributed by atoms with Crippen LogP contribution >= 0.6 is 0 Å². The lowest BCUT2D eigenvalue weighted by atomic mass is 9.43. The van der Waals surface area contributed by atoms with Crippen LogP contribution in [0.15, 0.2) is 18.9 Å². The zero-order valence-corrected chi connectivity index (χ0v) is 38.1. The Balaban J connectivity index is 0.782. The minimum Gasteiger partial charge on any atom is -0.458 e. The summed E-state index contributed by atoms with van der Waals surface area (Å²) in [6, 6.07) is -0.806. The molecule has 4 saturated carbocycles. The molecule has 16 atom stereocenters. The highest BCUT2D eigenvalue weighted by Gasteiger charge is 2.64. The van der Waals surface area contributed by atoms with Crippen molar-refractivity contribution in [2.24, 2.45) is 52.3 Å². The number of anilines is 1. The van der Waals surface area contributed by atoms with Crippen LogP contribution in [-0.4, -0.2) is 99.0 Å². The minimum absolute atomic E-state index is 0.110. The lowest BCUT2D eigenvalue weighted by molar-refractivity contribution is -0.197. The Kier molecular flexibility index (Phi) is 11.9. The number of ether oxygens (including phenoxy) is 4. The Morgan fingerprint density at radius 3 is 2.60 bits per heavy atom. The molecule has 4 aliphatic carbocycles. The standard InChI is InChI=1S/C46H69N9O8/c1-8-24(2)36(51-35(58)14-9-25(3)30-12-13-31-29-11-10-26-17-28(56)15-16-45(26,6)32(29)18-34(57)46(30,31)7)43(59)60-21-27-19-54(53-52-27)20-33-38-39(63-44(4,5)62-38)42(61-33)55-23-50-37-40(47)48-22-49-41(37)55/h19,22-26,28-34,36,38-39,42,56-57H,8-18,20-21H2,1-7H3,(H,51,58)(H2,47,48,49)/t24?,25?,26?,28-,29?,30-,31?,32?,33?,34+,36+,38-,39-,42?,45+,46-/m1/s1. The van der Waals surface area contributed by atoms with Gasteiger partial charge >= 0.3 is 5.97 Å². The van der Waals surface area contributed by atoms with E-state index in [0.717, 1.165) is 38.5 Å². The maximum atomic E-state index is 13.6. The molecule has 346 valence electrons. The van der Waals surface area contributed by atoms with Gasteiger partial charge in [-0.1, -0.05) is 46.3 Å². The van der Waals surface area contributed by atoms with Gasteiger partial charge in [0.25, 0.3) is 0 Å². The summed E-state index contributed by atoms with van der Waals surface area (Å²) in [5.74, 6) is 1.32. The van der Waals surface area contributed by atoms with E-state index in [0.29, 0.717) is 65.7 Å². The molecule has 9 rings (SSSR count). The number of hydrogen-bond donors (Lipinski definition) is 4. The highest BCUT2D eigenvalue weighted by molar-refractivity contribution is 5.84. The van der Waals surface area contributed by atoms with E-state index >= 15 is 0 Å². The quantitative estimate of drug-likeness (QED) is 0.164. The predicted molar refractivity (Wildman–Crippen MR) is 230 cm³/mol. The second kappa shape index (κ2) is 16.9. The molecule has 3 aromatic heterocycles. The van der Waals surface area contributed by atoms with Gasteiger partial charge in [-0.25, -0.2) is 24.4 Å². The summed E-state index contributed by atoms with van der Waals surface area (Å²) in [5.41, 5.74) is 7.52. The molecule has 6 fully saturated rings. The third kappa shape index (κ3) is 7.94. The second-order valence-electron chi connectivity index (χ2n) is 21.1. The molecule has 63 heavy (non-hydrogen) atoms.